The monoisotopic (exact) mass is 410 g/mol. The predicted octanol–water partition coefficient (Wildman–Crippen LogP) is 1.38. The van der Waals surface area contributed by atoms with Crippen molar-refractivity contribution in [3.63, 3.8) is 0 Å². The third-order valence-corrected chi connectivity index (χ3v) is 4.52. The number of carbonyl (C=O) groups is 3. The minimum absolute atomic E-state index is 0.251. The molecule has 0 aliphatic carbocycles. The number of nitrogens with zero attached hydrogens (tertiary/aromatic N) is 4. The van der Waals surface area contributed by atoms with Crippen LogP contribution in [0.4, 0.5) is 11.4 Å². The second kappa shape index (κ2) is 9.14. The molecular formula is C20H22N6O4. The standard InChI is InChI=1S/C20H22N6O4/c1-13-17(14(2)30-24-13)11-25-10-16(9-22-25)26(12-27)20(29)18(21)8-19(28)23-15-6-4-3-5-7-15/h3-7,9-10,12,18H,8,11,21H2,1-2H3,(H,23,28). The first-order chi connectivity index (χ1) is 14.4. The Morgan fingerprint density at radius 1 is 1.30 bits per heavy atom. The minimum Gasteiger partial charge on any atom is -0.361 e. The van der Waals surface area contributed by atoms with Gasteiger partial charge in [-0.25, -0.2) is 4.90 Å². The second-order valence-electron chi connectivity index (χ2n) is 6.74. The third-order valence-electron chi connectivity index (χ3n) is 4.52. The van der Waals surface area contributed by atoms with Gasteiger partial charge in [-0.05, 0) is 26.0 Å². The van der Waals surface area contributed by atoms with Crippen LogP contribution in [0.1, 0.15) is 23.4 Å². The Bertz CT molecular complexity index is 1020. The molecule has 1 unspecified atom stereocenters. The number of nitrogens with two attached hydrogens (primary N) is 1. The lowest BCUT2D eigenvalue weighted by Crippen LogP contribution is -2.45. The number of amides is 3. The molecule has 2 heterocycles. The highest BCUT2D eigenvalue weighted by Gasteiger charge is 2.25. The van der Waals surface area contributed by atoms with Crippen LogP contribution in [-0.4, -0.2) is 39.2 Å². The van der Waals surface area contributed by atoms with E-state index < -0.39 is 17.9 Å². The summed E-state index contributed by atoms with van der Waals surface area (Å²) in [6.45, 7) is 3.98. The van der Waals surface area contributed by atoms with Crippen molar-refractivity contribution in [3.8, 4) is 0 Å². The smallest absolute Gasteiger partial charge is 0.251 e. The molecule has 3 amide bonds. The van der Waals surface area contributed by atoms with E-state index >= 15 is 0 Å². The van der Waals surface area contributed by atoms with Crippen LogP contribution in [0.15, 0.2) is 47.2 Å². The second-order valence-corrected chi connectivity index (χ2v) is 6.74. The zero-order chi connectivity index (χ0) is 21.7. The zero-order valence-electron chi connectivity index (χ0n) is 16.6. The number of rotatable bonds is 8. The number of nitrogens with one attached hydrogen (secondary N) is 1. The molecule has 10 nitrogen and oxygen atoms in total. The van der Waals surface area contributed by atoms with E-state index in [9.17, 15) is 14.4 Å². The fourth-order valence-electron chi connectivity index (χ4n) is 2.89. The topological polar surface area (TPSA) is 136 Å². The molecule has 0 aliphatic heterocycles. The average Bonchev–Trinajstić information content (AvgIpc) is 3.31. The molecule has 2 aromatic heterocycles. The van der Waals surface area contributed by atoms with Crippen molar-refractivity contribution >= 4 is 29.6 Å². The molecule has 0 fully saturated rings. The van der Waals surface area contributed by atoms with Gasteiger partial charge in [-0.3, -0.25) is 19.1 Å². The molecule has 1 atom stereocenters. The maximum atomic E-state index is 12.6. The van der Waals surface area contributed by atoms with Crippen molar-refractivity contribution in [2.75, 3.05) is 10.2 Å². The number of para-hydroxylation sites is 1. The van der Waals surface area contributed by atoms with Gasteiger partial charge < -0.3 is 15.6 Å². The number of aryl methyl sites for hydroxylation is 2. The highest BCUT2D eigenvalue weighted by molar-refractivity contribution is 6.10. The molecule has 3 rings (SSSR count). The van der Waals surface area contributed by atoms with Crippen LogP contribution in [0.2, 0.25) is 0 Å². The van der Waals surface area contributed by atoms with E-state index in [4.69, 9.17) is 10.3 Å². The Kier molecular flexibility index (Phi) is 6.38. The van der Waals surface area contributed by atoms with Crippen molar-refractivity contribution in [1.29, 1.82) is 0 Å². The van der Waals surface area contributed by atoms with Gasteiger partial charge in [-0.15, -0.1) is 0 Å². The van der Waals surface area contributed by atoms with Gasteiger partial charge in [0.2, 0.25) is 12.3 Å². The Morgan fingerprint density at radius 3 is 2.67 bits per heavy atom. The van der Waals surface area contributed by atoms with E-state index in [1.165, 1.54) is 12.4 Å². The van der Waals surface area contributed by atoms with Crippen molar-refractivity contribution < 1.29 is 18.9 Å². The number of benzene rings is 1. The largest absolute Gasteiger partial charge is 0.361 e. The highest BCUT2D eigenvalue weighted by Crippen LogP contribution is 2.17. The Labute approximate surface area is 172 Å². The molecule has 3 N–H and O–H groups in total. The molecule has 0 bridgehead atoms. The van der Waals surface area contributed by atoms with E-state index in [0.717, 1.165) is 16.2 Å². The summed E-state index contributed by atoms with van der Waals surface area (Å²) < 4.78 is 6.68. The SMILES string of the molecule is Cc1noc(C)c1Cn1cc(N(C=O)C(=O)C(N)CC(=O)Nc2ccccc2)cn1. The summed E-state index contributed by atoms with van der Waals surface area (Å²) in [6.07, 6.45) is 3.00. The maximum Gasteiger partial charge on any atom is 0.251 e. The lowest BCUT2D eigenvalue weighted by molar-refractivity contribution is -0.126. The van der Waals surface area contributed by atoms with Gasteiger partial charge >= 0.3 is 0 Å². The molecule has 0 saturated heterocycles. The van der Waals surface area contributed by atoms with Crippen LogP contribution in [0.25, 0.3) is 0 Å². The lowest BCUT2D eigenvalue weighted by atomic mass is 10.1. The average molecular weight is 410 g/mol. The van der Waals surface area contributed by atoms with Crippen molar-refractivity contribution in [2.24, 2.45) is 5.73 Å². The van der Waals surface area contributed by atoms with Crippen molar-refractivity contribution in [3.05, 3.63) is 59.7 Å². The van der Waals surface area contributed by atoms with Crippen LogP contribution in [-0.2, 0) is 20.9 Å². The van der Waals surface area contributed by atoms with E-state index in [1.54, 1.807) is 35.9 Å². The Morgan fingerprint density at radius 2 is 2.03 bits per heavy atom. The first-order valence-corrected chi connectivity index (χ1v) is 9.22. The maximum absolute atomic E-state index is 12.6. The fraction of sp³-hybridized carbons (Fsp3) is 0.250. The van der Waals surface area contributed by atoms with Gasteiger partial charge in [0.25, 0.3) is 5.91 Å². The summed E-state index contributed by atoms with van der Waals surface area (Å²) in [5, 5.41) is 10.7. The summed E-state index contributed by atoms with van der Waals surface area (Å²) >= 11 is 0. The van der Waals surface area contributed by atoms with E-state index in [2.05, 4.69) is 15.6 Å². The molecule has 1 aromatic carbocycles. The first-order valence-electron chi connectivity index (χ1n) is 9.22. The summed E-state index contributed by atoms with van der Waals surface area (Å²) in [4.78, 5) is 37.2. The molecule has 10 heteroatoms. The van der Waals surface area contributed by atoms with Gasteiger partial charge in [-0.1, -0.05) is 23.4 Å². The zero-order valence-corrected chi connectivity index (χ0v) is 16.6. The molecule has 0 saturated carbocycles. The van der Waals surface area contributed by atoms with E-state index in [-0.39, 0.29) is 12.1 Å². The van der Waals surface area contributed by atoms with Crippen LogP contribution in [0.3, 0.4) is 0 Å². The van der Waals surface area contributed by atoms with Gasteiger partial charge in [0.05, 0.1) is 36.6 Å². The summed E-state index contributed by atoms with van der Waals surface area (Å²) in [5.74, 6) is -0.466. The minimum atomic E-state index is -1.19. The van der Waals surface area contributed by atoms with Gasteiger partial charge in [-0.2, -0.15) is 5.10 Å². The van der Waals surface area contributed by atoms with E-state index in [0.29, 0.717) is 24.4 Å². The normalized spacial score (nSPS) is 11.7. The molecule has 3 aromatic rings. The van der Waals surface area contributed by atoms with Crippen molar-refractivity contribution in [1.82, 2.24) is 14.9 Å². The molecular weight excluding hydrogens is 388 g/mol. The molecule has 0 spiro atoms. The number of imide groups is 1. The molecule has 156 valence electrons. The van der Waals surface area contributed by atoms with Crippen LogP contribution < -0.4 is 16.0 Å². The van der Waals surface area contributed by atoms with E-state index in [1.807, 2.05) is 13.0 Å². The Hall–Kier alpha value is -3.79. The molecule has 0 aliphatic rings. The van der Waals surface area contributed by atoms with Gasteiger partial charge in [0.15, 0.2) is 0 Å². The van der Waals surface area contributed by atoms with Crippen LogP contribution in [0.5, 0.6) is 0 Å². The number of hydrogen-bond acceptors (Lipinski definition) is 7. The number of aromatic nitrogens is 3. The fourth-order valence-corrected chi connectivity index (χ4v) is 2.89. The number of carbonyl (C=O) groups excluding carboxylic acids is 3. The highest BCUT2D eigenvalue weighted by atomic mass is 16.5. The Balaban J connectivity index is 1.65. The lowest BCUT2D eigenvalue weighted by Gasteiger charge is -2.18. The van der Waals surface area contributed by atoms with Crippen LogP contribution in [0, 0.1) is 13.8 Å². The molecule has 30 heavy (non-hydrogen) atoms. The van der Waals surface area contributed by atoms with Gasteiger partial charge in [0, 0.05) is 17.4 Å². The summed E-state index contributed by atoms with van der Waals surface area (Å²) in [5.41, 5.74) is 8.33. The summed E-state index contributed by atoms with van der Waals surface area (Å²) in [6, 6.07) is 7.61. The van der Waals surface area contributed by atoms with Gasteiger partial charge in [0.1, 0.15) is 5.76 Å². The first kappa shape index (κ1) is 20.9. The predicted molar refractivity (Wildman–Crippen MR) is 109 cm³/mol. The number of anilines is 2. The van der Waals surface area contributed by atoms with Crippen LogP contribution >= 0.6 is 0 Å². The summed E-state index contributed by atoms with van der Waals surface area (Å²) in [7, 11) is 0. The third kappa shape index (κ3) is 4.78. The number of hydrogen-bond donors (Lipinski definition) is 2. The molecule has 0 radical (unpaired) electrons. The quantitative estimate of drug-likeness (QED) is 0.535. The van der Waals surface area contributed by atoms with Crippen molar-refractivity contribution in [2.45, 2.75) is 32.9 Å².